The molecule has 1 heterocycles. The number of hydrogen-bond donors (Lipinski definition) is 2. The van der Waals surface area contributed by atoms with E-state index in [0.717, 1.165) is 16.8 Å². The van der Waals surface area contributed by atoms with E-state index in [0.29, 0.717) is 6.08 Å². The summed E-state index contributed by atoms with van der Waals surface area (Å²) < 4.78 is 37.5. The number of ether oxygens (including phenoxy) is 2. The minimum absolute atomic E-state index is 0.00221. The Labute approximate surface area is 199 Å². The van der Waals surface area contributed by atoms with Crippen molar-refractivity contribution in [3.63, 3.8) is 0 Å². The number of rotatable bonds is 9. The van der Waals surface area contributed by atoms with Gasteiger partial charge in [0.15, 0.2) is 17.2 Å². The van der Waals surface area contributed by atoms with Gasteiger partial charge in [-0.2, -0.15) is 5.10 Å². The number of aliphatic carboxylic acids is 1. The van der Waals surface area contributed by atoms with Gasteiger partial charge < -0.3 is 19.4 Å². The first-order chi connectivity index (χ1) is 16.6. The number of carbonyl (C=O) groups excluding carboxylic acids is 2. The van der Waals surface area contributed by atoms with Gasteiger partial charge in [0.2, 0.25) is 0 Å². The van der Waals surface area contributed by atoms with Gasteiger partial charge in [-0.15, -0.1) is 4.83 Å². The predicted molar refractivity (Wildman–Crippen MR) is 123 cm³/mol. The van der Waals surface area contributed by atoms with Crippen LogP contribution < -0.4 is 30.4 Å². The number of aryl methyl sites for hydroxylation is 1. The number of amides is 1. The quantitative estimate of drug-likeness (QED) is 0.298. The highest BCUT2D eigenvalue weighted by atomic mass is 32.2. The van der Waals surface area contributed by atoms with Crippen LogP contribution in [0.15, 0.2) is 52.2 Å². The third-order valence-corrected chi connectivity index (χ3v) is 6.10. The van der Waals surface area contributed by atoms with Gasteiger partial charge in [-0.3, -0.25) is 15.0 Å². The summed E-state index contributed by atoms with van der Waals surface area (Å²) in [5, 5.41) is 15.3. The fourth-order valence-corrected chi connectivity index (χ4v) is 4.31. The molecule has 12 nitrogen and oxygen atoms in total. The fourth-order valence-electron chi connectivity index (χ4n) is 3.25. The fraction of sp³-hybridized carbons (Fsp3) is 0.182. The number of carboxylic acid groups (broad SMARTS) is 1. The standard InChI is InChI=1S/C22H22N4O8S/c1-4-26-22(30)15-8-6-5-7-14(15)19(24-26)21(29)23-25-35(31,32)17-12-13(9-10-18(27)28)11-16(33-2)20(17)34-3/h5-12,25H,4H2,1-3H3,(H,23,29)(H,27,28)/p-1. The number of nitrogens with zero attached hydrogens (tertiary/aromatic N) is 2. The second-order valence-corrected chi connectivity index (χ2v) is 8.63. The van der Waals surface area contributed by atoms with Gasteiger partial charge in [0, 0.05) is 11.9 Å². The van der Waals surface area contributed by atoms with E-state index < -0.39 is 32.4 Å². The average molecular weight is 501 g/mol. The second kappa shape index (κ2) is 10.4. The Morgan fingerprint density at radius 3 is 2.43 bits per heavy atom. The highest BCUT2D eigenvalue weighted by Crippen LogP contribution is 2.35. The van der Waals surface area contributed by atoms with Crippen LogP contribution in [0, 0.1) is 0 Å². The smallest absolute Gasteiger partial charge is 0.287 e. The summed E-state index contributed by atoms with van der Waals surface area (Å²) in [4.78, 5) is 37.6. The van der Waals surface area contributed by atoms with Crippen LogP contribution in [-0.4, -0.2) is 44.3 Å². The second-order valence-electron chi connectivity index (χ2n) is 6.98. The number of methoxy groups -OCH3 is 2. The summed E-state index contributed by atoms with van der Waals surface area (Å²) in [6.07, 6.45) is 1.82. The topological polar surface area (TPSA) is 169 Å². The Hall–Kier alpha value is -4.23. The predicted octanol–water partition coefficient (Wildman–Crippen LogP) is -0.180. The molecule has 13 heteroatoms. The Balaban J connectivity index is 2.00. The number of fused-ring (bicyclic) bond motifs is 1. The molecule has 2 N–H and O–H groups in total. The molecule has 184 valence electrons. The van der Waals surface area contributed by atoms with E-state index in [4.69, 9.17) is 9.47 Å². The van der Waals surface area contributed by atoms with E-state index in [-0.39, 0.29) is 40.1 Å². The summed E-state index contributed by atoms with van der Waals surface area (Å²) in [5.74, 6) is -2.57. The Morgan fingerprint density at radius 1 is 1.14 bits per heavy atom. The van der Waals surface area contributed by atoms with Crippen molar-refractivity contribution >= 4 is 38.7 Å². The Morgan fingerprint density at radius 2 is 1.83 bits per heavy atom. The first-order valence-electron chi connectivity index (χ1n) is 10.1. The average Bonchev–Trinajstić information content (AvgIpc) is 2.85. The zero-order chi connectivity index (χ0) is 25.8. The van der Waals surface area contributed by atoms with Gasteiger partial charge in [-0.1, -0.05) is 24.3 Å². The van der Waals surface area contributed by atoms with Crippen LogP contribution in [-0.2, 0) is 21.4 Å². The van der Waals surface area contributed by atoms with Gasteiger partial charge in [-0.25, -0.2) is 13.1 Å². The molecule has 1 aromatic heterocycles. The molecule has 3 rings (SSSR count). The molecule has 1 amide bonds. The maximum Gasteiger partial charge on any atom is 0.287 e. The van der Waals surface area contributed by atoms with Crippen molar-refractivity contribution < 1.29 is 32.6 Å². The van der Waals surface area contributed by atoms with Gasteiger partial charge in [0.05, 0.1) is 25.6 Å². The molecule has 0 bridgehead atoms. The molecule has 0 fully saturated rings. The summed E-state index contributed by atoms with van der Waals surface area (Å²) in [6, 6.07) is 8.79. The Kier molecular flexibility index (Phi) is 7.52. The molecule has 0 unspecified atom stereocenters. The molecule has 0 aliphatic rings. The molecule has 0 saturated carbocycles. The number of carbonyl (C=O) groups is 2. The maximum atomic E-state index is 13.1. The number of carboxylic acids is 1. The van der Waals surface area contributed by atoms with Crippen LogP contribution in [0.4, 0.5) is 0 Å². The number of benzene rings is 2. The van der Waals surface area contributed by atoms with Crippen molar-refractivity contribution in [3.8, 4) is 11.5 Å². The van der Waals surface area contributed by atoms with Crippen LogP contribution >= 0.6 is 0 Å². The third-order valence-electron chi connectivity index (χ3n) is 4.85. The van der Waals surface area contributed by atoms with Gasteiger partial charge in [-0.05, 0) is 36.8 Å². The first-order valence-corrected chi connectivity index (χ1v) is 11.6. The normalized spacial score (nSPS) is 11.5. The lowest BCUT2D eigenvalue weighted by molar-refractivity contribution is -0.297. The minimum atomic E-state index is -4.46. The molecule has 0 spiro atoms. The lowest BCUT2D eigenvalue weighted by Gasteiger charge is -2.16. The van der Waals surface area contributed by atoms with E-state index in [1.165, 1.54) is 32.4 Å². The third kappa shape index (κ3) is 5.31. The van der Waals surface area contributed by atoms with E-state index in [1.807, 2.05) is 4.83 Å². The lowest BCUT2D eigenvalue weighted by Crippen LogP contribution is -2.42. The zero-order valence-electron chi connectivity index (χ0n) is 18.9. The Bertz CT molecular complexity index is 1500. The van der Waals surface area contributed by atoms with Gasteiger partial charge >= 0.3 is 0 Å². The molecule has 0 aliphatic heterocycles. The maximum absolute atomic E-state index is 13.1. The minimum Gasteiger partial charge on any atom is -0.545 e. The summed E-state index contributed by atoms with van der Waals surface area (Å²) in [7, 11) is -1.97. The highest BCUT2D eigenvalue weighted by Gasteiger charge is 2.25. The summed E-state index contributed by atoms with van der Waals surface area (Å²) in [5.41, 5.74) is 1.68. The molecule has 0 aliphatic carbocycles. The van der Waals surface area contributed by atoms with Crippen LogP contribution in [0.2, 0.25) is 0 Å². The monoisotopic (exact) mass is 501 g/mol. The molecule has 3 aromatic rings. The van der Waals surface area contributed by atoms with E-state index in [1.54, 1.807) is 19.1 Å². The van der Waals surface area contributed by atoms with Crippen molar-refractivity contribution in [1.29, 1.82) is 0 Å². The van der Waals surface area contributed by atoms with Crippen molar-refractivity contribution in [1.82, 2.24) is 20.0 Å². The highest BCUT2D eigenvalue weighted by molar-refractivity contribution is 7.89. The molecule has 2 aromatic carbocycles. The largest absolute Gasteiger partial charge is 0.545 e. The SMILES string of the molecule is CCn1nc(C(=O)NNS(=O)(=O)c2cc(C=CC(=O)[O-])cc(OC)c2OC)c2ccccc2c1=O. The number of hydrazine groups is 1. The van der Waals surface area contributed by atoms with E-state index in [2.05, 4.69) is 10.5 Å². The number of hydrogen-bond acceptors (Lipinski definition) is 9. The van der Waals surface area contributed by atoms with Crippen LogP contribution in [0.1, 0.15) is 23.0 Å². The van der Waals surface area contributed by atoms with Gasteiger partial charge in [0.25, 0.3) is 21.5 Å². The number of aromatic nitrogens is 2. The molecular formula is C22H21N4O8S-. The lowest BCUT2D eigenvalue weighted by atomic mass is 10.1. The van der Waals surface area contributed by atoms with Crippen LogP contribution in [0.25, 0.3) is 16.8 Å². The number of nitrogens with one attached hydrogen (secondary N) is 2. The molecular weight excluding hydrogens is 480 g/mol. The van der Waals surface area contributed by atoms with Crippen molar-refractivity contribution in [2.75, 3.05) is 14.2 Å². The number of sulfonamides is 1. The van der Waals surface area contributed by atoms with Crippen LogP contribution in [0.3, 0.4) is 0 Å². The van der Waals surface area contributed by atoms with E-state index >= 15 is 0 Å². The van der Waals surface area contributed by atoms with Crippen molar-refractivity contribution in [3.05, 3.63) is 64.1 Å². The first kappa shape index (κ1) is 25.4. The zero-order valence-corrected chi connectivity index (χ0v) is 19.7. The van der Waals surface area contributed by atoms with Crippen molar-refractivity contribution in [2.24, 2.45) is 0 Å². The van der Waals surface area contributed by atoms with Crippen LogP contribution in [0.5, 0.6) is 11.5 Å². The molecule has 35 heavy (non-hydrogen) atoms. The summed E-state index contributed by atoms with van der Waals surface area (Å²) in [6.45, 7) is 1.87. The van der Waals surface area contributed by atoms with Gasteiger partial charge in [0.1, 0.15) is 4.90 Å². The summed E-state index contributed by atoms with van der Waals surface area (Å²) >= 11 is 0. The van der Waals surface area contributed by atoms with Crippen molar-refractivity contribution in [2.45, 2.75) is 18.4 Å². The molecule has 0 radical (unpaired) electrons. The molecule has 0 saturated heterocycles. The van der Waals surface area contributed by atoms with E-state index in [9.17, 15) is 27.9 Å². The molecule has 0 atom stereocenters.